The molecule has 14 heavy (non-hydrogen) atoms. The van der Waals surface area contributed by atoms with E-state index in [0.29, 0.717) is 5.76 Å². The van der Waals surface area contributed by atoms with Crippen molar-refractivity contribution in [3.05, 3.63) is 46.0 Å². The Morgan fingerprint density at radius 2 is 2.29 bits per heavy atom. The largest absolute Gasteiger partial charge is 0.461 e. The SMILES string of the molecule is CCc1ccc(C(=O)c2ccco2)s1. The molecule has 72 valence electrons. The summed E-state index contributed by atoms with van der Waals surface area (Å²) in [5, 5.41) is 0. The molecule has 0 aliphatic rings. The molecule has 0 atom stereocenters. The molecule has 0 saturated heterocycles. The monoisotopic (exact) mass is 206 g/mol. The average molecular weight is 206 g/mol. The van der Waals surface area contributed by atoms with Crippen LogP contribution in [-0.2, 0) is 6.42 Å². The maximum absolute atomic E-state index is 11.8. The lowest BCUT2D eigenvalue weighted by molar-refractivity contribution is 0.101. The van der Waals surface area contributed by atoms with Crippen LogP contribution in [0.25, 0.3) is 0 Å². The van der Waals surface area contributed by atoms with Crippen molar-refractivity contribution >= 4 is 17.1 Å². The Morgan fingerprint density at radius 3 is 2.86 bits per heavy atom. The van der Waals surface area contributed by atoms with Crippen LogP contribution in [0.2, 0.25) is 0 Å². The first kappa shape index (κ1) is 9.21. The molecule has 0 radical (unpaired) electrons. The molecule has 2 aromatic rings. The third kappa shape index (κ3) is 1.63. The van der Waals surface area contributed by atoms with Crippen LogP contribution in [0.3, 0.4) is 0 Å². The number of furan rings is 1. The summed E-state index contributed by atoms with van der Waals surface area (Å²) in [6.07, 6.45) is 2.48. The van der Waals surface area contributed by atoms with Crippen LogP contribution in [0, 0.1) is 0 Å². The van der Waals surface area contributed by atoms with E-state index in [1.165, 1.54) is 22.5 Å². The second-order valence-electron chi connectivity index (χ2n) is 2.93. The Morgan fingerprint density at radius 1 is 1.43 bits per heavy atom. The summed E-state index contributed by atoms with van der Waals surface area (Å²) in [5.41, 5.74) is 0. The molecule has 2 nitrogen and oxygen atoms in total. The van der Waals surface area contributed by atoms with Gasteiger partial charge in [-0.1, -0.05) is 6.92 Å². The summed E-state index contributed by atoms with van der Waals surface area (Å²) >= 11 is 1.53. The molecular weight excluding hydrogens is 196 g/mol. The molecule has 3 heteroatoms. The van der Waals surface area contributed by atoms with Gasteiger partial charge in [0.25, 0.3) is 0 Å². The van der Waals surface area contributed by atoms with Crippen LogP contribution in [0.4, 0.5) is 0 Å². The van der Waals surface area contributed by atoms with Crippen molar-refractivity contribution in [2.75, 3.05) is 0 Å². The van der Waals surface area contributed by atoms with Gasteiger partial charge in [0.2, 0.25) is 5.78 Å². The number of thiophene rings is 1. The fourth-order valence-corrected chi connectivity index (χ4v) is 2.11. The van der Waals surface area contributed by atoms with Crippen LogP contribution in [0.1, 0.15) is 27.2 Å². The standard InChI is InChI=1S/C11H10O2S/c1-2-8-5-6-10(14-8)11(12)9-4-3-7-13-9/h3-7H,2H2,1H3. The molecular formula is C11H10O2S. The fourth-order valence-electron chi connectivity index (χ4n) is 1.22. The van der Waals surface area contributed by atoms with Crippen LogP contribution in [0.15, 0.2) is 34.9 Å². The van der Waals surface area contributed by atoms with Gasteiger partial charge >= 0.3 is 0 Å². The van der Waals surface area contributed by atoms with Crippen molar-refractivity contribution < 1.29 is 9.21 Å². The van der Waals surface area contributed by atoms with Gasteiger partial charge in [0.05, 0.1) is 11.1 Å². The van der Waals surface area contributed by atoms with Gasteiger partial charge < -0.3 is 4.42 Å². The van der Waals surface area contributed by atoms with E-state index in [2.05, 4.69) is 6.92 Å². The molecule has 0 spiro atoms. The molecule has 2 heterocycles. The minimum absolute atomic E-state index is 0.0281. The molecule has 0 aromatic carbocycles. The zero-order chi connectivity index (χ0) is 9.97. The molecule has 0 saturated carbocycles. The van der Waals surface area contributed by atoms with Crippen molar-refractivity contribution in [2.24, 2.45) is 0 Å². The zero-order valence-corrected chi connectivity index (χ0v) is 8.64. The predicted molar refractivity (Wildman–Crippen MR) is 55.8 cm³/mol. The Balaban J connectivity index is 2.28. The minimum Gasteiger partial charge on any atom is -0.461 e. The van der Waals surface area contributed by atoms with Crippen LogP contribution < -0.4 is 0 Å². The first-order valence-corrected chi connectivity index (χ1v) is 5.30. The van der Waals surface area contributed by atoms with Gasteiger partial charge in [-0.05, 0) is 30.7 Å². The second kappa shape index (κ2) is 3.80. The number of rotatable bonds is 3. The third-order valence-corrected chi connectivity index (χ3v) is 3.21. The van der Waals surface area contributed by atoms with E-state index >= 15 is 0 Å². The maximum Gasteiger partial charge on any atom is 0.238 e. The van der Waals surface area contributed by atoms with E-state index in [-0.39, 0.29) is 5.78 Å². The quantitative estimate of drug-likeness (QED) is 0.722. The van der Waals surface area contributed by atoms with Gasteiger partial charge in [-0.3, -0.25) is 4.79 Å². The molecule has 0 N–H and O–H groups in total. The summed E-state index contributed by atoms with van der Waals surface area (Å²) < 4.78 is 5.05. The molecule has 0 fully saturated rings. The summed E-state index contributed by atoms with van der Waals surface area (Å²) in [6.45, 7) is 2.08. The second-order valence-corrected chi connectivity index (χ2v) is 4.09. The van der Waals surface area contributed by atoms with Gasteiger partial charge in [0.1, 0.15) is 0 Å². The molecule has 0 unspecified atom stereocenters. The number of carbonyl (C=O) groups is 1. The van der Waals surface area contributed by atoms with Crippen LogP contribution >= 0.6 is 11.3 Å². The predicted octanol–water partition coefficient (Wildman–Crippen LogP) is 3.13. The van der Waals surface area contributed by atoms with Gasteiger partial charge in [0.15, 0.2) is 5.76 Å². The lowest BCUT2D eigenvalue weighted by atomic mass is 10.2. The smallest absolute Gasteiger partial charge is 0.238 e. The van der Waals surface area contributed by atoms with Crippen molar-refractivity contribution in [3.8, 4) is 0 Å². The highest BCUT2D eigenvalue weighted by atomic mass is 32.1. The maximum atomic E-state index is 11.8. The average Bonchev–Trinajstić information content (AvgIpc) is 2.88. The van der Waals surface area contributed by atoms with Crippen molar-refractivity contribution in [1.29, 1.82) is 0 Å². The molecule has 0 aliphatic carbocycles. The van der Waals surface area contributed by atoms with Crippen LogP contribution in [0.5, 0.6) is 0 Å². The molecule has 0 bridgehead atoms. The van der Waals surface area contributed by atoms with E-state index in [1.54, 1.807) is 12.1 Å². The third-order valence-electron chi connectivity index (χ3n) is 1.98. The Bertz CT molecular complexity index is 426. The first-order chi connectivity index (χ1) is 6.81. The first-order valence-electron chi connectivity index (χ1n) is 4.48. The molecule has 0 amide bonds. The number of hydrogen-bond donors (Lipinski definition) is 0. The lowest BCUT2D eigenvalue weighted by Crippen LogP contribution is -1.95. The summed E-state index contributed by atoms with van der Waals surface area (Å²) in [5.74, 6) is 0.384. The van der Waals surface area contributed by atoms with Crippen molar-refractivity contribution in [2.45, 2.75) is 13.3 Å². The summed E-state index contributed by atoms with van der Waals surface area (Å²) in [6, 6.07) is 7.25. The topological polar surface area (TPSA) is 30.2 Å². The lowest BCUT2D eigenvalue weighted by Gasteiger charge is -1.90. The molecule has 2 aromatic heterocycles. The van der Waals surface area contributed by atoms with Gasteiger partial charge in [-0.2, -0.15) is 0 Å². The Hall–Kier alpha value is -1.35. The number of ketones is 1. The Labute approximate surface area is 86.2 Å². The fraction of sp³-hybridized carbons (Fsp3) is 0.182. The highest BCUT2D eigenvalue weighted by Crippen LogP contribution is 2.20. The normalized spacial score (nSPS) is 10.4. The van der Waals surface area contributed by atoms with Gasteiger partial charge in [0, 0.05) is 4.88 Å². The highest BCUT2D eigenvalue weighted by molar-refractivity contribution is 7.14. The number of carbonyl (C=O) groups excluding carboxylic acids is 1. The molecule has 0 aliphatic heterocycles. The van der Waals surface area contributed by atoms with E-state index in [4.69, 9.17) is 4.42 Å². The van der Waals surface area contributed by atoms with Crippen molar-refractivity contribution in [1.82, 2.24) is 0 Å². The summed E-state index contributed by atoms with van der Waals surface area (Å²) in [4.78, 5) is 13.7. The Kier molecular flexibility index (Phi) is 2.50. The van der Waals surface area contributed by atoms with Gasteiger partial charge in [-0.15, -0.1) is 11.3 Å². The van der Waals surface area contributed by atoms with E-state index in [0.717, 1.165) is 11.3 Å². The van der Waals surface area contributed by atoms with E-state index in [1.807, 2.05) is 12.1 Å². The molecule has 2 rings (SSSR count). The number of aryl methyl sites for hydroxylation is 1. The van der Waals surface area contributed by atoms with Gasteiger partial charge in [-0.25, -0.2) is 0 Å². The number of hydrogen-bond acceptors (Lipinski definition) is 3. The minimum atomic E-state index is -0.0281. The summed E-state index contributed by atoms with van der Waals surface area (Å²) in [7, 11) is 0. The van der Waals surface area contributed by atoms with Crippen LogP contribution in [-0.4, -0.2) is 5.78 Å². The highest BCUT2D eigenvalue weighted by Gasteiger charge is 2.13. The van der Waals surface area contributed by atoms with E-state index in [9.17, 15) is 4.79 Å². The van der Waals surface area contributed by atoms with E-state index < -0.39 is 0 Å². The van der Waals surface area contributed by atoms with Crippen molar-refractivity contribution in [3.63, 3.8) is 0 Å². The zero-order valence-electron chi connectivity index (χ0n) is 7.82.